The van der Waals surface area contributed by atoms with Gasteiger partial charge in [-0.3, -0.25) is 4.79 Å². The molecule has 3 rings (SSSR count). The Morgan fingerprint density at radius 3 is 2.73 bits per heavy atom. The standard InChI is InChI=1S/C17H15FN2OS/c1-2-10-20-14-9-8-13(18)11-15(14)22-17(20)19-16(21)12-6-4-3-5-7-12/h3-9,11H,2,10H2,1H3. The largest absolute Gasteiger partial charge is 0.316 e. The molecule has 0 aliphatic heterocycles. The van der Waals surface area contributed by atoms with Crippen molar-refractivity contribution in [2.24, 2.45) is 4.99 Å². The maximum atomic E-state index is 13.4. The van der Waals surface area contributed by atoms with E-state index in [4.69, 9.17) is 0 Å². The van der Waals surface area contributed by atoms with Crippen LogP contribution in [0.3, 0.4) is 0 Å². The van der Waals surface area contributed by atoms with E-state index in [9.17, 15) is 9.18 Å². The zero-order chi connectivity index (χ0) is 15.5. The van der Waals surface area contributed by atoms with Gasteiger partial charge in [0.05, 0.1) is 10.2 Å². The van der Waals surface area contributed by atoms with Gasteiger partial charge in [0.1, 0.15) is 5.82 Å². The first-order chi connectivity index (χ1) is 10.7. The Morgan fingerprint density at radius 1 is 1.23 bits per heavy atom. The number of halogens is 1. The zero-order valence-electron chi connectivity index (χ0n) is 12.1. The van der Waals surface area contributed by atoms with Crippen molar-refractivity contribution in [1.82, 2.24) is 4.57 Å². The molecule has 1 heterocycles. The van der Waals surface area contributed by atoms with E-state index in [1.807, 2.05) is 22.8 Å². The van der Waals surface area contributed by atoms with Crippen LogP contribution in [-0.2, 0) is 6.54 Å². The third-order valence-corrected chi connectivity index (χ3v) is 4.35. The van der Waals surface area contributed by atoms with Crippen molar-refractivity contribution >= 4 is 27.5 Å². The minimum Gasteiger partial charge on any atom is -0.316 e. The Bertz CT molecular complexity index is 881. The highest BCUT2D eigenvalue weighted by atomic mass is 32.1. The van der Waals surface area contributed by atoms with E-state index >= 15 is 0 Å². The second-order valence-corrected chi connectivity index (χ2v) is 5.94. The van der Waals surface area contributed by atoms with Crippen molar-refractivity contribution in [3.05, 3.63) is 64.7 Å². The fourth-order valence-corrected chi connectivity index (χ4v) is 3.38. The van der Waals surface area contributed by atoms with E-state index in [1.54, 1.807) is 18.2 Å². The smallest absolute Gasteiger partial charge is 0.279 e. The summed E-state index contributed by atoms with van der Waals surface area (Å²) in [6.07, 6.45) is 0.913. The van der Waals surface area contributed by atoms with Crippen LogP contribution in [0, 0.1) is 5.82 Å². The summed E-state index contributed by atoms with van der Waals surface area (Å²) in [4.78, 5) is 17.1. The van der Waals surface area contributed by atoms with Gasteiger partial charge in [-0.05, 0) is 36.8 Å². The fourth-order valence-electron chi connectivity index (χ4n) is 2.30. The molecular formula is C17H15FN2OS. The number of fused-ring (bicyclic) bond motifs is 1. The third kappa shape index (κ3) is 2.85. The highest BCUT2D eigenvalue weighted by Crippen LogP contribution is 2.19. The molecule has 0 N–H and O–H groups in total. The van der Waals surface area contributed by atoms with Gasteiger partial charge >= 0.3 is 0 Å². The molecule has 3 nitrogen and oxygen atoms in total. The van der Waals surface area contributed by atoms with Crippen LogP contribution in [-0.4, -0.2) is 10.5 Å². The van der Waals surface area contributed by atoms with E-state index in [0.717, 1.165) is 23.2 Å². The van der Waals surface area contributed by atoms with Crippen molar-refractivity contribution in [2.45, 2.75) is 19.9 Å². The average molecular weight is 314 g/mol. The second-order valence-electron chi connectivity index (χ2n) is 4.93. The molecule has 0 saturated carbocycles. The van der Waals surface area contributed by atoms with Crippen LogP contribution in [0.5, 0.6) is 0 Å². The summed E-state index contributed by atoms with van der Waals surface area (Å²) in [6, 6.07) is 13.6. The van der Waals surface area contributed by atoms with Gasteiger partial charge in [-0.1, -0.05) is 36.5 Å². The number of aryl methyl sites for hydroxylation is 1. The summed E-state index contributed by atoms with van der Waals surface area (Å²) in [6.45, 7) is 2.80. The van der Waals surface area contributed by atoms with Crippen LogP contribution in [0.2, 0.25) is 0 Å². The van der Waals surface area contributed by atoms with Crippen LogP contribution in [0.1, 0.15) is 23.7 Å². The number of nitrogens with zero attached hydrogens (tertiary/aromatic N) is 2. The first kappa shape index (κ1) is 14.7. The van der Waals surface area contributed by atoms with Gasteiger partial charge < -0.3 is 4.57 Å². The van der Waals surface area contributed by atoms with E-state index < -0.39 is 0 Å². The molecule has 0 unspecified atom stereocenters. The lowest BCUT2D eigenvalue weighted by molar-refractivity contribution is 0.0998. The zero-order valence-corrected chi connectivity index (χ0v) is 12.9. The molecule has 0 fully saturated rings. The number of amides is 1. The molecule has 0 aliphatic carbocycles. The van der Waals surface area contributed by atoms with Crippen LogP contribution in [0.25, 0.3) is 10.2 Å². The van der Waals surface area contributed by atoms with Crippen LogP contribution >= 0.6 is 11.3 Å². The van der Waals surface area contributed by atoms with Crippen molar-refractivity contribution in [2.75, 3.05) is 0 Å². The minimum absolute atomic E-state index is 0.279. The number of carbonyl (C=O) groups excluding carboxylic acids is 1. The van der Waals surface area contributed by atoms with Crippen LogP contribution in [0.4, 0.5) is 4.39 Å². The lowest BCUT2D eigenvalue weighted by Crippen LogP contribution is -2.16. The molecule has 22 heavy (non-hydrogen) atoms. The summed E-state index contributed by atoms with van der Waals surface area (Å²) in [5, 5.41) is 0. The molecule has 1 amide bonds. The first-order valence-corrected chi connectivity index (χ1v) is 7.93. The summed E-state index contributed by atoms with van der Waals surface area (Å²) >= 11 is 1.34. The normalized spacial score (nSPS) is 12.0. The Morgan fingerprint density at radius 2 is 2.00 bits per heavy atom. The number of hydrogen-bond donors (Lipinski definition) is 0. The summed E-state index contributed by atoms with van der Waals surface area (Å²) in [5.74, 6) is -0.559. The predicted octanol–water partition coefficient (Wildman–Crippen LogP) is 3.99. The van der Waals surface area contributed by atoms with E-state index in [1.165, 1.54) is 23.5 Å². The molecule has 3 aromatic rings. The van der Waals surface area contributed by atoms with Crippen molar-refractivity contribution in [3.63, 3.8) is 0 Å². The van der Waals surface area contributed by atoms with Crippen molar-refractivity contribution in [3.8, 4) is 0 Å². The lowest BCUT2D eigenvalue weighted by atomic mass is 10.2. The molecular weight excluding hydrogens is 299 g/mol. The lowest BCUT2D eigenvalue weighted by Gasteiger charge is -2.02. The number of hydrogen-bond acceptors (Lipinski definition) is 2. The van der Waals surface area contributed by atoms with Gasteiger partial charge in [0.2, 0.25) is 0 Å². The third-order valence-electron chi connectivity index (χ3n) is 3.31. The number of thiazole rings is 1. The van der Waals surface area contributed by atoms with E-state index in [2.05, 4.69) is 11.9 Å². The molecule has 0 radical (unpaired) electrons. The van der Waals surface area contributed by atoms with Gasteiger partial charge in [-0.25, -0.2) is 4.39 Å². The predicted molar refractivity (Wildman–Crippen MR) is 86.4 cm³/mol. The SMILES string of the molecule is CCCn1c(=NC(=O)c2ccccc2)sc2cc(F)ccc21. The van der Waals surface area contributed by atoms with Gasteiger partial charge in [-0.15, -0.1) is 0 Å². The average Bonchev–Trinajstić information content (AvgIpc) is 2.85. The molecule has 2 aromatic carbocycles. The maximum absolute atomic E-state index is 13.4. The molecule has 112 valence electrons. The van der Waals surface area contributed by atoms with Gasteiger partial charge in [-0.2, -0.15) is 4.99 Å². The highest BCUT2D eigenvalue weighted by molar-refractivity contribution is 7.16. The Balaban J connectivity index is 2.15. The highest BCUT2D eigenvalue weighted by Gasteiger charge is 2.09. The number of carbonyl (C=O) groups is 1. The molecule has 5 heteroatoms. The number of benzene rings is 2. The number of aromatic nitrogens is 1. The minimum atomic E-state index is -0.280. The molecule has 0 saturated heterocycles. The van der Waals surface area contributed by atoms with Crippen molar-refractivity contribution < 1.29 is 9.18 Å². The Hall–Kier alpha value is -2.27. The van der Waals surface area contributed by atoms with Gasteiger partial charge in [0.15, 0.2) is 4.80 Å². The Kier molecular flexibility index (Phi) is 4.15. The monoisotopic (exact) mass is 314 g/mol. The molecule has 1 aromatic heterocycles. The second kappa shape index (κ2) is 6.23. The molecule has 0 atom stereocenters. The topological polar surface area (TPSA) is 34.4 Å². The van der Waals surface area contributed by atoms with E-state index in [-0.39, 0.29) is 11.7 Å². The summed E-state index contributed by atoms with van der Waals surface area (Å²) < 4.78 is 16.2. The Labute approximate surface area is 131 Å². The summed E-state index contributed by atoms with van der Waals surface area (Å²) in [7, 11) is 0. The quantitative estimate of drug-likeness (QED) is 0.719. The van der Waals surface area contributed by atoms with Gasteiger partial charge in [0.25, 0.3) is 5.91 Å². The van der Waals surface area contributed by atoms with Crippen molar-refractivity contribution in [1.29, 1.82) is 0 Å². The van der Waals surface area contributed by atoms with E-state index in [0.29, 0.717) is 10.4 Å². The fraction of sp³-hybridized carbons (Fsp3) is 0.176. The molecule has 0 aliphatic rings. The molecule has 0 spiro atoms. The number of rotatable bonds is 3. The van der Waals surface area contributed by atoms with Gasteiger partial charge in [0, 0.05) is 12.1 Å². The maximum Gasteiger partial charge on any atom is 0.279 e. The summed E-state index contributed by atoms with van der Waals surface area (Å²) in [5.41, 5.74) is 1.46. The van der Waals surface area contributed by atoms with Crippen LogP contribution < -0.4 is 4.80 Å². The van der Waals surface area contributed by atoms with Crippen LogP contribution in [0.15, 0.2) is 53.5 Å². The molecule has 0 bridgehead atoms. The first-order valence-electron chi connectivity index (χ1n) is 7.12.